The Bertz CT molecular complexity index is 1280. The van der Waals surface area contributed by atoms with E-state index < -0.39 is 11.8 Å². The molecule has 6 heteroatoms. The normalized spacial score (nSPS) is 10.9. The summed E-state index contributed by atoms with van der Waals surface area (Å²) < 4.78 is 0. The molecule has 2 aromatic carbocycles. The Morgan fingerprint density at radius 2 is 1.71 bits per heavy atom. The van der Waals surface area contributed by atoms with Gasteiger partial charge in [0.15, 0.2) is 0 Å². The maximum atomic E-state index is 12.9. The number of nitrogens with one attached hydrogen (secondary N) is 2. The topological polar surface area (TPSA) is 84.0 Å². The van der Waals surface area contributed by atoms with Crippen LogP contribution < -0.4 is 10.9 Å². The van der Waals surface area contributed by atoms with Crippen molar-refractivity contribution in [2.24, 2.45) is 0 Å². The summed E-state index contributed by atoms with van der Waals surface area (Å²) >= 11 is 0. The number of aryl methyl sites for hydroxylation is 1. The van der Waals surface area contributed by atoms with Crippen LogP contribution in [0.25, 0.3) is 28.4 Å². The second-order valence-electron chi connectivity index (χ2n) is 6.98. The Morgan fingerprint density at radius 3 is 2.52 bits per heavy atom. The molecule has 0 radical (unpaired) electrons. The van der Waals surface area contributed by atoms with Crippen molar-refractivity contribution in [3.63, 3.8) is 0 Å². The summed E-state index contributed by atoms with van der Waals surface area (Å²) in [7, 11) is 0. The summed E-state index contributed by atoms with van der Waals surface area (Å²) in [5.41, 5.74) is 9.22. The molecule has 0 saturated heterocycles. The fourth-order valence-corrected chi connectivity index (χ4v) is 3.18. The zero-order valence-electron chi connectivity index (χ0n) is 16.9. The highest BCUT2D eigenvalue weighted by molar-refractivity contribution is 6.07. The number of carbonyl (C=O) groups excluding carboxylic acids is 2. The van der Waals surface area contributed by atoms with Gasteiger partial charge in [-0.25, -0.2) is 4.98 Å². The van der Waals surface area contributed by atoms with Gasteiger partial charge in [-0.3, -0.25) is 25.4 Å². The molecule has 0 atom stereocenters. The minimum Gasteiger partial charge on any atom is -0.268 e. The van der Waals surface area contributed by atoms with Crippen molar-refractivity contribution < 1.29 is 9.59 Å². The third-order valence-electron chi connectivity index (χ3n) is 4.66. The van der Waals surface area contributed by atoms with Crippen LogP contribution in [0.3, 0.4) is 0 Å². The van der Waals surface area contributed by atoms with E-state index in [2.05, 4.69) is 20.8 Å². The number of carbonyl (C=O) groups is 2. The Morgan fingerprint density at radius 1 is 0.871 bits per heavy atom. The molecule has 4 aromatic rings. The number of hydrazine groups is 1. The molecule has 0 fully saturated rings. The van der Waals surface area contributed by atoms with Gasteiger partial charge in [0, 0.05) is 17.7 Å². The first kappa shape index (κ1) is 20.0. The highest BCUT2D eigenvalue weighted by Gasteiger charge is 2.14. The number of aromatic nitrogens is 2. The molecule has 4 rings (SSSR count). The average Bonchev–Trinajstić information content (AvgIpc) is 2.81. The highest BCUT2D eigenvalue weighted by Crippen LogP contribution is 2.23. The highest BCUT2D eigenvalue weighted by atomic mass is 16.2. The van der Waals surface area contributed by atoms with Gasteiger partial charge in [-0.05, 0) is 42.8 Å². The fourth-order valence-electron chi connectivity index (χ4n) is 3.18. The maximum Gasteiger partial charge on any atom is 0.270 e. The van der Waals surface area contributed by atoms with Gasteiger partial charge >= 0.3 is 0 Å². The van der Waals surface area contributed by atoms with Crippen LogP contribution in [-0.4, -0.2) is 21.8 Å². The van der Waals surface area contributed by atoms with E-state index in [9.17, 15) is 9.59 Å². The summed E-state index contributed by atoms with van der Waals surface area (Å²) in [5, 5.41) is 0.684. The molecular formula is C25H20N4O2. The standard InChI is InChI=1S/C25H20N4O2/c1-17-7-6-8-18(15-17)12-13-24(30)28-29-25(31)20-16-23(22-11-4-5-14-26-22)27-21-10-3-2-9-19(20)21/h2-16H,1H3,(H,28,30)(H,29,31)/b13-12+. The summed E-state index contributed by atoms with van der Waals surface area (Å²) in [6.45, 7) is 1.98. The lowest BCUT2D eigenvalue weighted by Gasteiger charge is -2.10. The van der Waals surface area contributed by atoms with E-state index in [1.807, 2.05) is 73.7 Å². The Labute approximate surface area is 179 Å². The molecule has 31 heavy (non-hydrogen) atoms. The molecule has 152 valence electrons. The van der Waals surface area contributed by atoms with Crippen LogP contribution in [0.1, 0.15) is 21.5 Å². The number of hydrogen-bond acceptors (Lipinski definition) is 4. The van der Waals surface area contributed by atoms with E-state index in [0.717, 1.165) is 11.1 Å². The molecule has 6 nitrogen and oxygen atoms in total. The van der Waals surface area contributed by atoms with Gasteiger partial charge in [0.2, 0.25) is 0 Å². The number of pyridine rings is 2. The molecule has 2 N–H and O–H groups in total. The Balaban J connectivity index is 1.54. The van der Waals surface area contributed by atoms with Gasteiger partial charge < -0.3 is 0 Å². The molecule has 0 aliphatic heterocycles. The molecule has 2 amide bonds. The predicted octanol–water partition coefficient (Wildman–Crippen LogP) is 4.08. The Hall–Kier alpha value is -4.32. The number of para-hydroxylation sites is 1. The van der Waals surface area contributed by atoms with E-state index in [4.69, 9.17) is 0 Å². The van der Waals surface area contributed by atoms with E-state index in [0.29, 0.717) is 27.9 Å². The van der Waals surface area contributed by atoms with Crippen molar-refractivity contribution >= 4 is 28.8 Å². The van der Waals surface area contributed by atoms with E-state index >= 15 is 0 Å². The van der Waals surface area contributed by atoms with Crippen LogP contribution in [0.2, 0.25) is 0 Å². The van der Waals surface area contributed by atoms with Crippen molar-refractivity contribution in [3.8, 4) is 11.4 Å². The average molecular weight is 408 g/mol. The largest absolute Gasteiger partial charge is 0.270 e. The number of nitrogens with zero attached hydrogens (tertiary/aromatic N) is 2. The molecule has 2 heterocycles. The van der Waals surface area contributed by atoms with Crippen LogP contribution in [0.4, 0.5) is 0 Å². The third kappa shape index (κ3) is 4.82. The summed E-state index contributed by atoms with van der Waals surface area (Å²) in [4.78, 5) is 34.0. The monoisotopic (exact) mass is 408 g/mol. The molecule has 0 saturated carbocycles. The van der Waals surface area contributed by atoms with E-state index in [1.54, 1.807) is 18.3 Å². The molecule has 0 unspecified atom stereocenters. The zero-order valence-corrected chi connectivity index (χ0v) is 16.9. The Kier molecular flexibility index (Phi) is 5.80. The first-order valence-electron chi connectivity index (χ1n) is 9.76. The lowest BCUT2D eigenvalue weighted by atomic mass is 10.1. The van der Waals surface area contributed by atoms with Crippen LogP contribution >= 0.6 is 0 Å². The number of fused-ring (bicyclic) bond motifs is 1. The summed E-state index contributed by atoms with van der Waals surface area (Å²) in [6, 6.07) is 22.3. The van der Waals surface area contributed by atoms with Crippen LogP contribution in [0.5, 0.6) is 0 Å². The van der Waals surface area contributed by atoms with Crippen LogP contribution in [-0.2, 0) is 4.79 Å². The van der Waals surface area contributed by atoms with Gasteiger partial charge in [0.25, 0.3) is 11.8 Å². The number of amides is 2. The number of hydrogen-bond donors (Lipinski definition) is 2. The van der Waals surface area contributed by atoms with Gasteiger partial charge in [-0.1, -0.05) is 54.1 Å². The summed E-state index contributed by atoms with van der Waals surface area (Å²) in [5.74, 6) is -0.869. The van der Waals surface area contributed by atoms with Crippen molar-refractivity contribution in [2.75, 3.05) is 0 Å². The number of rotatable bonds is 4. The second-order valence-corrected chi connectivity index (χ2v) is 6.98. The molecular weight excluding hydrogens is 388 g/mol. The van der Waals surface area contributed by atoms with Gasteiger partial charge in [-0.2, -0.15) is 0 Å². The quantitative estimate of drug-likeness (QED) is 0.394. The number of benzene rings is 2. The van der Waals surface area contributed by atoms with Crippen molar-refractivity contribution in [1.82, 2.24) is 20.8 Å². The lowest BCUT2D eigenvalue weighted by Crippen LogP contribution is -2.40. The molecule has 0 bridgehead atoms. The molecule has 0 spiro atoms. The summed E-state index contributed by atoms with van der Waals surface area (Å²) in [6.07, 6.45) is 4.74. The predicted molar refractivity (Wildman–Crippen MR) is 121 cm³/mol. The van der Waals surface area contributed by atoms with Gasteiger partial charge in [0.05, 0.1) is 22.5 Å². The first-order chi connectivity index (χ1) is 15.1. The molecule has 0 aliphatic carbocycles. The lowest BCUT2D eigenvalue weighted by molar-refractivity contribution is -0.117. The third-order valence-corrected chi connectivity index (χ3v) is 4.66. The first-order valence-corrected chi connectivity index (χ1v) is 9.76. The zero-order chi connectivity index (χ0) is 21.6. The second kappa shape index (κ2) is 9.00. The smallest absolute Gasteiger partial charge is 0.268 e. The van der Waals surface area contributed by atoms with Crippen LogP contribution in [0, 0.1) is 6.92 Å². The van der Waals surface area contributed by atoms with E-state index in [-0.39, 0.29) is 0 Å². The minimum atomic E-state index is -0.437. The minimum absolute atomic E-state index is 0.397. The fraction of sp³-hybridized carbons (Fsp3) is 0.0400. The van der Waals surface area contributed by atoms with Gasteiger partial charge in [0.1, 0.15) is 0 Å². The van der Waals surface area contributed by atoms with Crippen molar-refractivity contribution in [1.29, 1.82) is 0 Å². The van der Waals surface area contributed by atoms with E-state index in [1.165, 1.54) is 6.08 Å². The van der Waals surface area contributed by atoms with Gasteiger partial charge in [-0.15, -0.1) is 0 Å². The SMILES string of the molecule is Cc1cccc(/C=C/C(=O)NNC(=O)c2cc(-c3ccccn3)nc3ccccc23)c1. The van der Waals surface area contributed by atoms with Crippen molar-refractivity contribution in [3.05, 3.63) is 102 Å². The van der Waals surface area contributed by atoms with Crippen molar-refractivity contribution in [2.45, 2.75) is 6.92 Å². The molecule has 2 aromatic heterocycles. The molecule has 0 aliphatic rings. The maximum absolute atomic E-state index is 12.9. The van der Waals surface area contributed by atoms with Crippen LogP contribution in [0.15, 0.2) is 85.1 Å².